The van der Waals surface area contributed by atoms with Crippen molar-refractivity contribution in [3.8, 4) is 0 Å². The molecule has 0 aromatic heterocycles. The maximum atomic E-state index is 16.2. The molecule has 9 rings (SSSR count). The molecule has 3 fully saturated rings. The molecule has 17 heteroatoms. The highest BCUT2D eigenvalue weighted by atomic mass is 35.5. The predicted molar refractivity (Wildman–Crippen MR) is 263 cm³/mol. The number of fused-ring (bicyclic) bond motifs is 4. The van der Waals surface area contributed by atoms with E-state index < -0.39 is 40.7 Å². The fourth-order valence-electron chi connectivity index (χ4n) is 11.4. The lowest BCUT2D eigenvalue weighted by atomic mass is 9.55. The predicted octanol–water partition coefficient (Wildman–Crippen LogP) is 7.58. The maximum absolute atomic E-state index is 16.2. The van der Waals surface area contributed by atoms with E-state index in [1.54, 1.807) is 53.4 Å². The lowest BCUT2D eigenvalue weighted by molar-refractivity contribution is -0.126. The molecule has 70 heavy (non-hydrogen) atoms. The van der Waals surface area contributed by atoms with Crippen molar-refractivity contribution in [2.75, 3.05) is 56.8 Å². The third-order valence-corrected chi connectivity index (χ3v) is 15.0. The van der Waals surface area contributed by atoms with Crippen LogP contribution < -0.4 is 26.6 Å². The van der Waals surface area contributed by atoms with Gasteiger partial charge in [-0.15, -0.1) is 0 Å². The molecule has 2 saturated heterocycles. The first kappa shape index (κ1) is 49.3. The third-order valence-electron chi connectivity index (χ3n) is 14.5. The third kappa shape index (κ3) is 9.59. The Kier molecular flexibility index (Phi) is 15.0. The molecule has 4 aliphatic heterocycles. The van der Waals surface area contributed by atoms with Crippen LogP contribution in [0.5, 0.6) is 0 Å². The lowest BCUT2D eigenvalue weighted by Gasteiger charge is -2.47. The zero-order valence-corrected chi connectivity index (χ0v) is 40.3. The zero-order chi connectivity index (χ0) is 49.0. The maximum Gasteiger partial charge on any atom is 0.255 e. The Bertz CT molecular complexity index is 2680. The van der Waals surface area contributed by atoms with Gasteiger partial charge in [-0.3, -0.25) is 29.3 Å². The molecule has 0 radical (unpaired) electrons. The van der Waals surface area contributed by atoms with Gasteiger partial charge in [-0.1, -0.05) is 79.4 Å². The molecular formula is C53H57Cl2FN6O8. The Hall–Kier alpha value is -5.68. The molecule has 1 saturated carbocycles. The van der Waals surface area contributed by atoms with Gasteiger partial charge in [-0.2, -0.15) is 0 Å². The minimum absolute atomic E-state index is 0.105. The molecule has 14 nitrogen and oxygen atoms in total. The van der Waals surface area contributed by atoms with E-state index in [9.17, 15) is 24.0 Å². The molecule has 5 aliphatic rings. The van der Waals surface area contributed by atoms with Crippen molar-refractivity contribution < 1.29 is 42.6 Å². The molecule has 4 heterocycles. The minimum Gasteiger partial charge on any atom is -0.379 e. The number of amides is 5. The minimum atomic E-state index is -1.36. The molecule has 4 aromatic carbocycles. The number of hydrogen-bond donors (Lipinski definition) is 5. The molecule has 5 amide bonds. The average molecular weight is 996 g/mol. The smallest absolute Gasteiger partial charge is 0.255 e. The number of hydrogen-bond acceptors (Lipinski definition) is 9. The lowest BCUT2D eigenvalue weighted by Crippen LogP contribution is -2.60. The summed E-state index contributed by atoms with van der Waals surface area (Å²) in [6, 6.07) is 20.6. The van der Waals surface area contributed by atoms with Crippen molar-refractivity contribution in [3.05, 3.63) is 140 Å². The number of aryl methyl sites for hydroxylation is 1. The Balaban J connectivity index is 0.703. The number of anilines is 2. The van der Waals surface area contributed by atoms with Crippen LogP contribution in [0.1, 0.15) is 100 Å². The van der Waals surface area contributed by atoms with Crippen LogP contribution in [0.2, 0.25) is 10.0 Å². The number of allylic oxidation sites excluding steroid dienone is 1. The van der Waals surface area contributed by atoms with Crippen molar-refractivity contribution >= 4 is 64.1 Å². The summed E-state index contributed by atoms with van der Waals surface area (Å²) in [5.74, 6) is -3.03. The van der Waals surface area contributed by atoms with Crippen molar-refractivity contribution in [2.24, 2.45) is 0 Å². The van der Waals surface area contributed by atoms with Crippen LogP contribution in [-0.2, 0) is 47.0 Å². The summed E-state index contributed by atoms with van der Waals surface area (Å²) in [4.78, 5) is 69.5. The summed E-state index contributed by atoms with van der Waals surface area (Å²) in [7, 11) is 0. The molecule has 0 bridgehead atoms. The largest absolute Gasteiger partial charge is 0.379 e. The van der Waals surface area contributed by atoms with Gasteiger partial charge in [0.15, 0.2) is 0 Å². The number of ether oxygens (including phenoxy) is 3. The van der Waals surface area contributed by atoms with E-state index in [-0.39, 0.29) is 47.4 Å². The number of benzene rings is 4. The van der Waals surface area contributed by atoms with Crippen molar-refractivity contribution in [1.29, 1.82) is 0 Å². The highest BCUT2D eigenvalue weighted by molar-refractivity contribution is 6.31. The summed E-state index contributed by atoms with van der Waals surface area (Å²) in [5.41, 5.74) is 3.36. The molecule has 368 valence electrons. The quantitative estimate of drug-likeness (QED) is 0.0630. The van der Waals surface area contributed by atoms with Gasteiger partial charge < -0.3 is 40.4 Å². The highest BCUT2D eigenvalue weighted by Gasteiger charge is 2.72. The fraction of sp³-hybridized carbons (Fsp3) is 0.415. The second kappa shape index (κ2) is 21.4. The molecule has 2 spiro atoms. The van der Waals surface area contributed by atoms with Crippen molar-refractivity contribution in [3.63, 3.8) is 0 Å². The number of nitrogens with one attached hydrogen (secondary N) is 5. The number of piperidine rings is 1. The van der Waals surface area contributed by atoms with Gasteiger partial charge in [0.05, 0.1) is 44.1 Å². The van der Waals surface area contributed by atoms with Gasteiger partial charge in [-0.25, -0.2) is 4.39 Å². The molecular weight excluding hydrogens is 939 g/mol. The monoisotopic (exact) mass is 994 g/mol. The first-order chi connectivity index (χ1) is 33.9. The van der Waals surface area contributed by atoms with E-state index in [0.717, 1.165) is 43.2 Å². The normalized spacial score (nSPS) is 22.3. The van der Waals surface area contributed by atoms with E-state index >= 15 is 4.39 Å². The standard InChI is InChI=1S/C53H57Cl2FN6O8/c1-32-13-20-43(48(64)58-32)62-31-39-33(8-5-10-37(39)50(62)66)9-7-24-68-26-28-70-29-27-69-25-23-57-47(63)34-14-17-36(18-15-34)59-49(65)46-44(38-11-6-12-41(55)45(38)56)53(52(61-46)21-3-2-4-22-52)40-19-16-35(54)30-42(40)60-51(53)67/h5-6,8,10-12,14-19,30,43-44,46,61H,1-4,7,9,13,20-29,31H2,(H,57,63)(H,58,64)(H,59,65)(H,60,67)/t43?,44-,46+,53+/m0/s1. The van der Waals surface area contributed by atoms with E-state index in [0.29, 0.717) is 104 Å². The van der Waals surface area contributed by atoms with Gasteiger partial charge in [0.25, 0.3) is 11.8 Å². The summed E-state index contributed by atoms with van der Waals surface area (Å²) < 4.78 is 33.3. The SMILES string of the molecule is C=C1CCC(N2Cc3c(CCCOCCOCCOCCNC(=O)c4ccc(NC(=O)[C@@H]5NC6(CCCCC6)[C@@]6(C(=O)Nc7cc(Cl)ccc76)[C@H]5c5cccc(Cl)c5F)cc4)cccc3C2=O)C(=O)N1. The van der Waals surface area contributed by atoms with Crippen molar-refractivity contribution in [1.82, 2.24) is 20.9 Å². The first-order valence-electron chi connectivity index (χ1n) is 24.1. The number of rotatable bonds is 18. The average Bonchev–Trinajstić information content (AvgIpc) is 3.95. The Morgan fingerprint density at radius 2 is 1.59 bits per heavy atom. The number of carbonyl (C=O) groups excluding carboxylic acids is 5. The second-order valence-corrected chi connectivity index (χ2v) is 19.5. The summed E-state index contributed by atoms with van der Waals surface area (Å²) in [6.07, 6.45) is 6.55. The zero-order valence-electron chi connectivity index (χ0n) is 38.8. The topological polar surface area (TPSA) is 176 Å². The summed E-state index contributed by atoms with van der Waals surface area (Å²) in [6.45, 7) is 6.86. The van der Waals surface area contributed by atoms with Crippen molar-refractivity contribution in [2.45, 2.75) is 93.3 Å². The number of halogens is 3. The second-order valence-electron chi connectivity index (χ2n) is 18.6. The van der Waals surface area contributed by atoms with Gasteiger partial charge in [0.2, 0.25) is 17.7 Å². The molecule has 1 unspecified atom stereocenters. The number of carbonyl (C=O) groups is 5. The molecule has 1 aliphatic carbocycles. The Labute approximate surface area is 416 Å². The van der Waals surface area contributed by atoms with E-state index in [1.807, 2.05) is 24.3 Å². The van der Waals surface area contributed by atoms with E-state index in [4.69, 9.17) is 37.4 Å². The fourth-order valence-corrected chi connectivity index (χ4v) is 11.7. The first-order valence-corrected chi connectivity index (χ1v) is 24.8. The van der Waals surface area contributed by atoms with Gasteiger partial charge in [0, 0.05) is 64.4 Å². The Morgan fingerprint density at radius 1 is 0.857 bits per heavy atom. The molecule has 4 aromatic rings. The summed E-state index contributed by atoms with van der Waals surface area (Å²) >= 11 is 12.8. The number of nitrogens with zero attached hydrogens (tertiary/aromatic N) is 1. The molecule has 5 N–H and O–H groups in total. The van der Waals surface area contributed by atoms with E-state index in [1.165, 1.54) is 6.07 Å². The Morgan fingerprint density at radius 3 is 2.34 bits per heavy atom. The van der Waals surface area contributed by atoms with Crippen LogP contribution in [0.15, 0.2) is 91.1 Å². The van der Waals surface area contributed by atoms with Gasteiger partial charge in [-0.05, 0) is 109 Å². The van der Waals surface area contributed by atoms with Crippen LogP contribution in [0, 0.1) is 5.82 Å². The molecule has 4 atom stereocenters. The van der Waals surface area contributed by atoms with Crippen LogP contribution in [0.25, 0.3) is 0 Å². The van der Waals surface area contributed by atoms with Crippen LogP contribution in [0.3, 0.4) is 0 Å². The van der Waals surface area contributed by atoms with Gasteiger partial charge in [0.1, 0.15) is 17.3 Å². The van der Waals surface area contributed by atoms with Gasteiger partial charge >= 0.3 is 0 Å². The van der Waals surface area contributed by atoms with Crippen LogP contribution in [0.4, 0.5) is 15.8 Å². The summed E-state index contributed by atoms with van der Waals surface area (Å²) in [5, 5.41) is 15.6. The van der Waals surface area contributed by atoms with Crippen LogP contribution >= 0.6 is 23.2 Å². The van der Waals surface area contributed by atoms with E-state index in [2.05, 4.69) is 33.2 Å². The highest BCUT2D eigenvalue weighted by Crippen LogP contribution is 2.63. The van der Waals surface area contributed by atoms with Crippen LogP contribution in [-0.4, -0.2) is 98.2 Å².